The number of nitro benzene ring substituents is 1. The van der Waals surface area contributed by atoms with Crippen molar-refractivity contribution in [3.8, 4) is 5.75 Å². The van der Waals surface area contributed by atoms with Gasteiger partial charge in [-0.3, -0.25) is 15.0 Å². The monoisotopic (exact) mass is 337 g/mol. The molecule has 1 atom stereocenters. The third kappa shape index (κ3) is 4.20. The molecule has 1 aliphatic heterocycles. The first kappa shape index (κ1) is 19.9. The minimum Gasteiger partial charge on any atom is -0.502 e. The van der Waals surface area contributed by atoms with Gasteiger partial charge in [0.15, 0.2) is 5.75 Å². The number of benzene rings is 1. The van der Waals surface area contributed by atoms with Crippen LogP contribution in [-0.4, -0.2) is 41.1 Å². The van der Waals surface area contributed by atoms with Gasteiger partial charge in [-0.05, 0) is 13.8 Å². The number of rotatable bonds is 3. The molecule has 2 rings (SSSR count). The van der Waals surface area contributed by atoms with E-state index in [0.717, 1.165) is 26.2 Å². The molecule has 1 fully saturated rings. The molecule has 1 aromatic rings. The molecule has 8 heteroatoms. The number of hydrogen-bond donors (Lipinski definition) is 2. The molecule has 1 saturated heterocycles. The van der Waals surface area contributed by atoms with Crippen LogP contribution in [0.2, 0.25) is 0 Å². The lowest BCUT2D eigenvalue weighted by Crippen LogP contribution is -2.44. The fourth-order valence-corrected chi connectivity index (χ4v) is 2.53. The van der Waals surface area contributed by atoms with Gasteiger partial charge >= 0.3 is 5.69 Å². The third-order valence-corrected chi connectivity index (χ3v) is 3.72. The van der Waals surface area contributed by atoms with E-state index in [1.165, 1.54) is 0 Å². The lowest BCUT2D eigenvalue weighted by Gasteiger charge is -2.33. The normalized spacial score (nSPS) is 16.5. The van der Waals surface area contributed by atoms with Crippen LogP contribution in [0.3, 0.4) is 0 Å². The number of hydrogen-bond acceptors (Lipinski definition) is 5. The highest BCUT2D eigenvalue weighted by Crippen LogP contribution is 2.37. The van der Waals surface area contributed by atoms with Crippen molar-refractivity contribution < 1.29 is 10.0 Å². The van der Waals surface area contributed by atoms with E-state index in [1.807, 2.05) is 6.92 Å². The van der Waals surface area contributed by atoms with Crippen molar-refractivity contribution in [1.29, 1.82) is 0 Å². The average molecular weight is 338 g/mol. The summed E-state index contributed by atoms with van der Waals surface area (Å²) in [4.78, 5) is 12.7. The lowest BCUT2D eigenvalue weighted by atomic mass is 10.0. The Labute approximate surface area is 136 Å². The number of halogens is 2. The summed E-state index contributed by atoms with van der Waals surface area (Å²) in [5.74, 6) is -0.198. The van der Waals surface area contributed by atoms with E-state index < -0.39 is 4.92 Å². The van der Waals surface area contributed by atoms with E-state index >= 15 is 0 Å². The highest BCUT2D eigenvalue weighted by Gasteiger charge is 2.26. The van der Waals surface area contributed by atoms with Crippen LogP contribution < -0.4 is 5.32 Å². The fourth-order valence-electron chi connectivity index (χ4n) is 2.53. The van der Waals surface area contributed by atoms with Gasteiger partial charge in [0.25, 0.3) is 0 Å². The van der Waals surface area contributed by atoms with Crippen LogP contribution in [0, 0.1) is 17.0 Å². The van der Waals surface area contributed by atoms with Gasteiger partial charge in [-0.1, -0.05) is 12.1 Å². The Balaban J connectivity index is 0.00000200. The van der Waals surface area contributed by atoms with Crippen LogP contribution in [0.4, 0.5) is 5.69 Å². The second-order valence-corrected chi connectivity index (χ2v) is 4.89. The Hall–Kier alpha value is -1.08. The van der Waals surface area contributed by atoms with E-state index in [1.54, 1.807) is 19.1 Å². The molecule has 0 unspecified atom stereocenters. The van der Waals surface area contributed by atoms with Crippen molar-refractivity contribution >= 4 is 30.5 Å². The minimum atomic E-state index is -0.515. The number of nitro groups is 1. The second kappa shape index (κ2) is 8.38. The molecule has 0 radical (unpaired) electrons. The maximum absolute atomic E-state index is 11.0. The first-order valence-electron chi connectivity index (χ1n) is 6.44. The topological polar surface area (TPSA) is 78.6 Å². The number of aromatic hydroxyl groups is 1. The maximum Gasteiger partial charge on any atom is 0.313 e. The van der Waals surface area contributed by atoms with Crippen LogP contribution in [0.5, 0.6) is 5.75 Å². The molecule has 120 valence electrons. The zero-order valence-corrected chi connectivity index (χ0v) is 13.7. The second-order valence-electron chi connectivity index (χ2n) is 4.89. The van der Waals surface area contributed by atoms with Gasteiger partial charge in [-0.25, -0.2) is 0 Å². The fraction of sp³-hybridized carbons (Fsp3) is 0.538. The van der Waals surface area contributed by atoms with Crippen LogP contribution >= 0.6 is 24.8 Å². The summed E-state index contributed by atoms with van der Waals surface area (Å²) in [6.07, 6.45) is 0. The van der Waals surface area contributed by atoms with Crippen molar-refractivity contribution in [2.45, 2.75) is 19.9 Å². The molecular formula is C13H21Cl2N3O3. The van der Waals surface area contributed by atoms with Gasteiger partial charge < -0.3 is 10.4 Å². The molecule has 0 aliphatic carbocycles. The molecule has 0 spiro atoms. The quantitative estimate of drug-likeness (QED) is 0.654. The SMILES string of the molecule is Cc1ccc([C@H](C)N2CCNCC2)c(O)c1[N+](=O)[O-].Cl.Cl. The van der Waals surface area contributed by atoms with Gasteiger partial charge in [0.2, 0.25) is 0 Å². The van der Waals surface area contributed by atoms with E-state index in [0.29, 0.717) is 11.1 Å². The molecule has 1 heterocycles. The molecule has 21 heavy (non-hydrogen) atoms. The standard InChI is InChI=1S/C13H19N3O3.2ClH/c1-9-3-4-11(13(17)12(9)16(18)19)10(2)15-7-5-14-6-8-15;;/h3-4,10,14,17H,5-8H2,1-2H3;2*1H/t10-;;/m0../s1. The van der Waals surface area contributed by atoms with Crippen LogP contribution in [0.15, 0.2) is 12.1 Å². The number of phenolic OH excluding ortho intramolecular Hbond substituents is 1. The maximum atomic E-state index is 11.0. The smallest absolute Gasteiger partial charge is 0.313 e. The molecular weight excluding hydrogens is 317 g/mol. The highest BCUT2D eigenvalue weighted by atomic mass is 35.5. The number of phenols is 1. The Morgan fingerprint density at radius 3 is 2.43 bits per heavy atom. The zero-order valence-electron chi connectivity index (χ0n) is 12.0. The van der Waals surface area contributed by atoms with Crippen LogP contribution in [-0.2, 0) is 0 Å². The first-order valence-corrected chi connectivity index (χ1v) is 6.44. The number of nitrogens with one attached hydrogen (secondary N) is 1. The molecule has 6 nitrogen and oxygen atoms in total. The third-order valence-electron chi connectivity index (χ3n) is 3.72. The van der Waals surface area contributed by atoms with Gasteiger partial charge in [0, 0.05) is 43.3 Å². The Kier molecular flexibility index (Phi) is 7.95. The summed E-state index contributed by atoms with van der Waals surface area (Å²) >= 11 is 0. The Morgan fingerprint density at radius 1 is 1.33 bits per heavy atom. The summed E-state index contributed by atoms with van der Waals surface area (Å²) in [6, 6.07) is 3.46. The summed E-state index contributed by atoms with van der Waals surface area (Å²) in [5.41, 5.74) is 0.928. The van der Waals surface area contributed by atoms with Crippen molar-refractivity contribution in [1.82, 2.24) is 10.2 Å². The average Bonchev–Trinajstić information content (AvgIpc) is 2.39. The van der Waals surface area contributed by atoms with Gasteiger partial charge in [-0.15, -0.1) is 24.8 Å². The van der Waals surface area contributed by atoms with E-state index in [9.17, 15) is 15.2 Å². The number of aryl methyl sites for hydroxylation is 1. The zero-order chi connectivity index (χ0) is 14.0. The summed E-state index contributed by atoms with van der Waals surface area (Å²) in [6.45, 7) is 7.17. The first-order chi connectivity index (χ1) is 9.02. The summed E-state index contributed by atoms with van der Waals surface area (Å²) < 4.78 is 0. The minimum absolute atomic E-state index is 0. The molecule has 0 aromatic heterocycles. The summed E-state index contributed by atoms with van der Waals surface area (Å²) in [5, 5.41) is 24.4. The Bertz CT molecular complexity index is 494. The summed E-state index contributed by atoms with van der Waals surface area (Å²) in [7, 11) is 0. The lowest BCUT2D eigenvalue weighted by molar-refractivity contribution is -0.386. The van der Waals surface area contributed by atoms with Crippen molar-refractivity contribution in [3.63, 3.8) is 0 Å². The van der Waals surface area contributed by atoms with Crippen molar-refractivity contribution in [2.24, 2.45) is 0 Å². The number of nitrogens with zero attached hydrogens (tertiary/aromatic N) is 2. The van der Waals surface area contributed by atoms with Gasteiger partial charge in [0.1, 0.15) is 0 Å². The number of piperazine rings is 1. The van der Waals surface area contributed by atoms with Crippen LogP contribution in [0.25, 0.3) is 0 Å². The predicted molar refractivity (Wildman–Crippen MR) is 86.9 cm³/mol. The predicted octanol–water partition coefficient (Wildman–Crippen LogP) is 2.42. The van der Waals surface area contributed by atoms with Crippen LogP contribution in [0.1, 0.15) is 24.1 Å². The molecule has 2 N–H and O–H groups in total. The molecule has 1 aromatic carbocycles. The van der Waals surface area contributed by atoms with E-state index in [2.05, 4.69) is 10.2 Å². The van der Waals surface area contributed by atoms with E-state index in [4.69, 9.17) is 0 Å². The van der Waals surface area contributed by atoms with E-state index in [-0.39, 0.29) is 42.3 Å². The molecule has 0 saturated carbocycles. The van der Waals surface area contributed by atoms with Crippen molar-refractivity contribution in [2.75, 3.05) is 26.2 Å². The molecule has 1 aliphatic rings. The van der Waals surface area contributed by atoms with Gasteiger partial charge in [0.05, 0.1) is 4.92 Å². The molecule has 0 bridgehead atoms. The molecule has 0 amide bonds. The van der Waals surface area contributed by atoms with Gasteiger partial charge in [-0.2, -0.15) is 0 Å². The largest absolute Gasteiger partial charge is 0.502 e. The Morgan fingerprint density at radius 2 is 1.90 bits per heavy atom. The highest BCUT2D eigenvalue weighted by molar-refractivity contribution is 5.85. The van der Waals surface area contributed by atoms with Crippen molar-refractivity contribution in [3.05, 3.63) is 33.4 Å².